The van der Waals surface area contributed by atoms with Crippen LogP contribution in [0, 0.1) is 13.8 Å². The highest BCUT2D eigenvalue weighted by Gasteiger charge is 2.34. The van der Waals surface area contributed by atoms with Gasteiger partial charge in [-0.05, 0) is 38.5 Å². The second-order valence-electron chi connectivity index (χ2n) is 6.24. The molecule has 144 valence electrons. The number of fused-ring (bicyclic) bond motifs is 2. The minimum Gasteiger partial charge on any atom is -0.496 e. The van der Waals surface area contributed by atoms with Crippen LogP contribution < -0.4 is 14.2 Å². The van der Waals surface area contributed by atoms with Crippen LogP contribution in [0.25, 0.3) is 0 Å². The summed E-state index contributed by atoms with van der Waals surface area (Å²) in [6.45, 7) is 4.41. The minimum absolute atomic E-state index is 0.0574. The van der Waals surface area contributed by atoms with Crippen LogP contribution in [-0.2, 0) is 0 Å². The van der Waals surface area contributed by atoms with Gasteiger partial charge in [-0.3, -0.25) is 9.59 Å². The number of benzene rings is 2. The number of rotatable bonds is 4. The summed E-state index contributed by atoms with van der Waals surface area (Å²) >= 11 is 0. The van der Waals surface area contributed by atoms with Gasteiger partial charge >= 0.3 is 11.9 Å². The number of carboxylic acids is 1. The Morgan fingerprint density at radius 2 is 1.75 bits per heavy atom. The van der Waals surface area contributed by atoms with Crippen LogP contribution in [-0.4, -0.2) is 36.2 Å². The van der Waals surface area contributed by atoms with Gasteiger partial charge in [-0.25, -0.2) is 9.59 Å². The number of aromatic carboxylic acids is 1. The summed E-state index contributed by atoms with van der Waals surface area (Å²) in [4.78, 5) is 48.2. The zero-order valence-electron chi connectivity index (χ0n) is 15.5. The van der Waals surface area contributed by atoms with Crippen LogP contribution in [0.1, 0.15) is 59.5 Å². The molecule has 8 heteroatoms. The van der Waals surface area contributed by atoms with Crippen molar-refractivity contribution in [1.29, 1.82) is 0 Å². The van der Waals surface area contributed by atoms with E-state index in [0.29, 0.717) is 17.4 Å². The molecule has 0 saturated heterocycles. The van der Waals surface area contributed by atoms with Crippen LogP contribution in [0.2, 0.25) is 0 Å². The van der Waals surface area contributed by atoms with Gasteiger partial charge in [-0.2, -0.15) is 0 Å². The molecule has 0 aliphatic carbocycles. The fourth-order valence-electron chi connectivity index (χ4n) is 3.12. The topological polar surface area (TPSA) is 116 Å². The normalized spacial score (nSPS) is 12.1. The Morgan fingerprint density at radius 1 is 1.07 bits per heavy atom. The molecule has 0 spiro atoms. The van der Waals surface area contributed by atoms with E-state index < -0.39 is 17.7 Å². The van der Waals surface area contributed by atoms with Crippen molar-refractivity contribution in [2.24, 2.45) is 0 Å². The predicted octanol–water partition coefficient (Wildman–Crippen LogP) is 3.35. The Morgan fingerprint density at radius 3 is 2.29 bits per heavy atom. The summed E-state index contributed by atoms with van der Waals surface area (Å²) in [5.74, 6) is -2.98. The number of hydrogen-bond donors (Lipinski definition) is 1. The molecular formula is C20H16O8. The van der Waals surface area contributed by atoms with Crippen molar-refractivity contribution in [3.8, 4) is 23.0 Å². The van der Waals surface area contributed by atoms with E-state index in [1.54, 1.807) is 13.8 Å². The number of Topliss-reactive ketones (excluding diaryl/α,β-unsaturated/α-hetero) is 1. The van der Waals surface area contributed by atoms with E-state index in [0.717, 1.165) is 0 Å². The summed E-state index contributed by atoms with van der Waals surface area (Å²) < 4.78 is 16.4. The molecule has 0 saturated carbocycles. The average molecular weight is 384 g/mol. The largest absolute Gasteiger partial charge is 0.496 e. The van der Waals surface area contributed by atoms with Crippen molar-refractivity contribution in [3.63, 3.8) is 0 Å². The zero-order valence-corrected chi connectivity index (χ0v) is 15.5. The smallest absolute Gasteiger partial charge is 0.347 e. The predicted molar refractivity (Wildman–Crippen MR) is 96.3 cm³/mol. The van der Waals surface area contributed by atoms with Gasteiger partial charge in [0.25, 0.3) is 0 Å². The molecule has 8 nitrogen and oxygen atoms in total. The first-order chi connectivity index (χ1) is 13.2. The fourth-order valence-corrected chi connectivity index (χ4v) is 3.12. The molecule has 0 atom stereocenters. The highest BCUT2D eigenvalue weighted by atomic mass is 16.6. The Balaban J connectivity index is 2.42. The summed E-state index contributed by atoms with van der Waals surface area (Å²) in [7, 11) is 1.35. The van der Waals surface area contributed by atoms with Crippen LogP contribution in [0.15, 0.2) is 12.1 Å². The van der Waals surface area contributed by atoms with Gasteiger partial charge in [0, 0.05) is 11.1 Å². The standard InChI is InChI=1S/C20H16O8/c1-8-5-11(10(3)22)13(7-21)17-15(8)20(25)28-16-9(2)14(26-4)6-12(19(23)24)18(16)27-17/h5-7H,1-4H3,(H,23,24). The number of aryl methyl sites for hydroxylation is 1. The average Bonchev–Trinajstić information content (AvgIpc) is 2.79. The van der Waals surface area contributed by atoms with Gasteiger partial charge in [0.05, 0.1) is 12.7 Å². The van der Waals surface area contributed by atoms with Crippen molar-refractivity contribution in [3.05, 3.63) is 45.5 Å². The third-order valence-electron chi connectivity index (χ3n) is 4.50. The molecule has 1 N–H and O–H groups in total. The van der Waals surface area contributed by atoms with Crippen LogP contribution in [0.4, 0.5) is 0 Å². The van der Waals surface area contributed by atoms with E-state index in [2.05, 4.69) is 0 Å². The Labute approximate surface area is 159 Å². The maximum absolute atomic E-state index is 12.8. The monoisotopic (exact) mass is 384 g/mol. The van der Waals surface area contributed by atoms with E-state index in [1.807, 2.05) is 0 Å². The Bertz CT molecular complexity index is 1060. The quantitative estimate of drug-likeness (QED) is 0.369. The Kier molecular flexibility index (Phi) is 4.64. The SMILES string of the molecule is COc1cc(C(=O)O)c2c(c1C)OC(=O)c1c(C)cc(C(C)=O)c(C=O)c1O2. The first-order valence-electron chi connectivity index (χ1n) is 8.19. The number of carbonyl (C=O) groups is 4. The third kappa shape index (κ3) is 2.79. The molecule has 0 radical (unpaired) electrons. The number of ketones is 1. The molecule has 2 aromatic carbocycles. The van der Waals surface area contributed by atoms with Gasteiger partial charge in [-0.1, -0.05) is 0 Å². The summed E-state index contributed by atoms with van der Waals surface area (Å²) in [5, 5.41) is 9.58. The molecule has 0 fully saturated rings. The number of aldehydes is 1. The number of esters is 1. The summed E-state index contributed by atoms with van der Waals surface area (Å²) in [6.07, 6.45) is 0.393. The van der Waals surface area contributed by atoms with Gasteiger partial charge in [0.1, 0.15) is 16.9 Å². The van der Waals surface area contributed by atoms with E-state index in [1.165, 1.54) is 26.2 Å². The van der Waals surface area contributed by atoms with Gasteiger partial charge in [-0.15, -0.1) is 0 Å². The maximum atomic E-state index is 12.8. The lowest BCUT2D eigenvalue weighted by Crippen LogP contribution is -2.13. The van der Waals surface area contributed by atoms with Crippen LogP contribution in [0.5, 0.6) is 23.0 Å². The molecule has 1 heterocycles. The van der Waals surface area contributed by atoms with Crippen LogP contribution >= 0.6 is 0 Å². The van der Waals surface area contributed by atoms with E-state index >= 15 is 0 Å². The number of methoxy groups -OCH3 is 1. The van der Waals surface area contributed by atoms with Crippen LogP contribution in [0.3, 0.4) is 0 Å². The van der Waals surface area contributed by atoms with Crippen molar-refractivity contribution in [2.45, 2.75) is 20.8 Å². The molecule has 0 amide bonds. The lowest BCUT2D eigenvalue weighted by molar-refractivity contribution is 0.0685. The molecule has 1 aliphatic heterocycles. The lowest BCUT2D eigenvalue weighted by Gasteiger charge is -2.16. The highest BCUT2D eigenvalue weighted by Crippen LogP contribution is 2.47. The molecule has 3 rings (SSSR count). The van der Waals surface area contributed by atoms with Crippen molar-refractivity contribution in [1.82, 2.24) is 0 Å². The Hall–Kier alpha value is -3.68. The molecule has 0 unspecified atom stereocenters. The van der Waals surface area contributed by atoms with E-state index in [4.69, 9.17) is 14.2 Å². The molecule has 1 aliphatic rings. The van der Waals surface area contributed by atoms with Gasteiger partial charge in [0.2, 0.25) is 0 Å². The number of carbonyl (C=O) groups excluding carboxylic acids is 3. The van der Waals surface area contributed by atoms with Crippen molar-refractivity contribution in [2.75, 3.05) is 7.11 Å². The number of carboxylic acid groups (broad SMARTS) is 1. The molecule has 0 aromatic heterocycles. The van der Waals surface area contributed by atoms with E-state index in [-0.39, 0.29) is 45.3 Å². The fraction of sp³-hybridized carbons (Fsp3) is 0.200. The molecule has 0 bridgehead atoms. The van der Waals surface area contributed by atoms with Gasteiger partial charge < -0.3 is 19.3 Å². The van der Waals surface area contributed by atoms with Gasteiger partial charge in [0.15, 0.2) is 29.3 Å². The van der Waals surface area contributed by atoms with Crippen molar-refractivity contribution < 1.29 is 38.5 Å². The molecule has 28 heavy (non-hydrogen) atoms. The molecule has 2 aromatic rings. The minimum atomic E-state index is -1.35. The first-order valence-corrected chi connectivity index (χ1v) is 8.19. The summed E-state index contributed by atoms with van der Waals surface area (Å²) in [6, 6.07) is 2.63. The van der Waals surface area contributed by atoms with Crippen molar-refractivity contribution >= 4 is 24.0 Å². The number of ether oxygens (including phenoxy) is 3. The second-order valence-corrected chi connectivity index (χ2v) is 6.24. The molecular weight excluding hydrogens is 368 g/mol. The maximum Gasteiger partial charge on any atom is 0.347 e. The van der Waals surface area contributed by atoms with E-state index in [9.17, 15) is 24.3 Å². The first kappa shape index (κ1) is 19.1. The summed E-state index contributed by atoms with van der Waals surface area (Å²) in [5.41, 5.74) is 0.233. The third-order valence-corrected chi connectivity index (χ3v) is 4.50. The number of hydrogen-bond acceptors (Lipinski definition) is 7. The zero-order chi connectivity index (χ0) is 20.7. The second kappa shape index (κ2) is 6.80. The lowest BCUT2D eigenvalue weighted by atomic mass is 9.96. The highest BCUT2D eigenvalue weighted by molar-refractivity contribution is 6.08.